The smallest absolute Gasteiger partial charge is 0.256 e. The zero-order chi connectivity index (χ0) is 14.5. The molecular formula is C14H20ClN3O. The summed E-state index contributed by atoms with van der Waals surface area (Å²) in [5, 5.41) is 5.07. The van der Waals surface area contributed by atoms with E-state index in [1.54, 1.807) is 11.8 Å². The Hall–Kier alpha value is -1.29. The second kappa shape index (κ2) is 4.37. The molecule has 1 aliphatic heterocycles. The van der Waals surface area contributed by atoms with Gasteiger partial charge in [-0.15, -0.1) is 0 Å². The number of aryl methyl sites for hydroxylation is 1. The van der Waals surface area contributed by atoms with Gasteiger partial charge in [-0.2, -0.15) is 5.10 Å². The first-order valence-electron chi connectivity index (χ1n) is 6.39. The van der Waals surface area contributed by atoms with E-state index in [9.17, 15) is 4.79 Å². The van der Waals surface area contributed by atoms with Gasteiger partial charge >= 0.3 is 0 Å². The Morgan fingerprint density at radius 1 is 1.37 bits per heavy atom. The first-order valence-corrected chi connectivity index (χ1v) is 6.76. The molecule has 1 amide bonds. The van der Waals surface area contributed by atoms with E-state index >= 15 is 0 Å². The Balaban J connectivity index is 2.43. The summed E-state index contributed by atoms with van der Waals surface area (Å²) in [6.07, 6.45) is 0. The number of anilines is 1. The fraction of sp³-hybridized carbons (Fsp3) is 0.571. The maximum Gasteiger partial charge on any atom is 0.256 e. The summed E-state index contributed by atoms with van der Waals surface area (Å²) in [6, 6.07) is 1.83. The molecule has 0 aliphatic carbocycles. The summed E-state index contributed by atoms with van der Waals surface area (Å²) < 4.78 is 1.83. The van der Waals surface area contributed by atoms with Crippen LogP contribution in [0, 0.1) is 0 Å². The molecule has 0 N–H and O–H groups in total. The number of hydrogen-bond acceptors (Lipinski definition) is 2. The summed E-state index contributed by atoms with van der Waals surface area (Å²) in [4.78, 5) is 13.9. The predicted octanol–water partition coefficient (Wildman–Crippen LogP) is 2.97. The molecule has 1 atom stereocenters. The Morgan fingerprint density at radius 2 is 1.95 bits per heavy atom. The summed E-state index contributed by atoms with van der Waals surface area (Å²) in [5.74, 6) is 0.607. The van der Waals surface area contributed by atoms with Crippen molar-refractivity contribution in [1.82, 2.24) is 9.78 Å². The van der Waals surface area contributed by atoms with Crippen LogP contribution in [0.1, 0.15) is 40.3 Å². The minimum absolute atomic E-state index is 0.0156. The number of rotatable bonds is 1. The van der Waals surface area contributed by atoms with E-state index in [-0.39, 0.29) is 17.4 Å². The van der Waals surface area contributed by atoms with Crippen LogP contribution in [0.15, 0.2) is 16.7 Å². The molecule has 2 heterocycles. The van der Waals surface area contributed by atoms with E-state index in [0.717, 1.165) is 5.69 Å². The van der Waals surface area contributed by atoms with Crippen LogP contribution in [-0.4, -0.2) is 21.7 Å². The molecule has 5 heteroatoms. The van der Waals surface area contributed by atoms with Gasteiger partial charge in [0.05, 0.1) is 6.04 Å². The molecule has 0 radical (unpaired) electrons. The summed E-state index contributed by atoms with van der Waals surface area (Å²) in [7, 11) is 1.90. The second-order valence-corrected chi connectivity index (χ2v) is 6.49. The minimum Gasteiger partial charge on any atom is -0.283 e. The van der Waals surface area contributed by atoms with Crippen LogP contribution < -0.4 is 4.90 Å². The normalized spacial score (nSPS) is 20.7. The Bertz CT molecular complexity index is 566. The third-order valence-corrected chi connectivity index (χ3v) is 4.13. The average molecular weight is 282 g/mol. The zero-order valence-electron chi connectivity index (χ0n) is 12.3. The van der Waals surface area contributed by atoms with Gasteiger partial charge in [0.25, 0.3) is 5.91 Å². The molecule has 1 aromatic rings. The van der Waals surface area contributed by atoms with Crippen LogP contribution in [0.2, 0.25) is 0 Å². The maximum absolute atomic E-state index is 12.2. The van der Waals surface area contributed by atoms with Crippen LogP contribution in [0.3, 0.4) is 0 Å². The molecule has 0 saturated heterocycles. The topological polar surface area (TPSA) is 38.1 Å². The average Bonchev–Trinajstić information content (AvgIpc) is 2.75. The molecule has 104 valence electrons. The van der Waals surface area contributed by atoms with Gasteiger partial charge in [-0.3, -0.25) is 14.4 Å². The molecule has 2 rings (SSSR count). The first kappa shape index (κ1) is 14.1. The van der Waals surface area contributed by atoms with Crippen molar-refractivity contribution in [2.45, 2.75) is 46.1 Å². The summed E-state index contributed by atoms with van der Waals surface area (Å²) in [6.45, 7) is 10.1. The Morgan fingerprint density at radius 3 is 2.32 bits per heavy atom. The van der Waals surface area contributed by atoms with E-state index in [2.05, 4.69) is 25.9 Å². The van der Waals surface area contributed by atoms with Gasteiger partial charge in [-0.25, -0.2) is 0 Å². The summed E-state index contributed by atoms with van der Waals surface area (Å²) in [5.41, 5.74) is 1.68. The Kier molecular flexibility index (Phi) is 3.25. The van der Waals surface area contributed by atoms with Crippen molar-refractivity contribution >= 4 is 23.3 Å². The summed E-state index contributed by atoms with van der Waals surface area (Å²) >= 11 is 6.17. The van der Waals surface area contributed by atoms with E-state index < -0.39 is 0 Å². The van der Waals surface area contributed by atoms with Crippen LogP contribution in [0.5, 0.6) is 0 Å². The molecule has 0 spiro atoms. The van der Waals surface area contributed by atoms with E-state index in [1.807, 2.05) is 24.7 Å². The molecule has 1 aromatic heterocycles. The number of halogens is 1. The SMILES string of the molecule is CC1=C(Cl)C(C)N(c2cc(C(C)(C)C)n(C)n2)C1=O. The van der Waals surface area contributed by atoms with Crippen molar-refractivity contribution in [2.24, 2.45) is 7.05 Å². The van der Waals surface area contributed by atoms with Gasteiger partial charge in [0.2, 0.25) is 0 Å². The number of carbonyl (C=O) groups excluding carboxylic acids is 1. The van der Waals surface area contributed by atoms with Gasteiger partial charge < -0.3 is 0 Å². The van der Waals surface area contributed by atoms with E-state index in [1.165, 1.54) is 0 Å². The highest BCUT2D eigenvalue weighted by Gasteiger charge is 2.36. The van der Waals surface area contributed by atoms with Gasteiger partial charge in [-0.1, -0.05) is 32.4 Å². The lowest BCUT2D eigenvalue weighted by atomic mass is 9.92. The second-order valence-electron chi connectivity index (χ2n) is 6.09. The highest BCUT2D eigenvalue weighted by atomic mass is 35.5. The zero-order valence-corrected chi connectivity index (χ0v) is 13.0. The Labute approximate surface area is 119 Å². The molecular weight excluding hydrogens is 262 g/mol. The number of amides is 1. The third kappa shape index (κ3) is 2.18. The molecule has 0 fully saturated rings. The highest BCUT2D eigenvalue weighted by Crippen LogP contribution is 2.34. The molecule has 1 aliphatic rings. The van der Waals surface area contributed by atoms with Gasteiger partial charge in [0.15, 0.2) is 5.82 Å². The van der Waals surface area contributed by atoms with Crippen LogP contribution in [0.25, 0.3) is 0 Å². The number of aromatic nitrogens is 2. The predicted molar refractivity (Wildman–Crippen MR) is 77.4 cm³/mol. The lowest BCUT2D eigenvalue weighted by molar-refractivity contribution is -0.114. The first-order chi connectivity index (χ1) is 8.64. The lowest BCUT2D eigenvalue weighted by Crippen LogP contribution is -2.33. The fourth-order valence-electron chi connectivity index (χ4n) is 2.46. The molecule has 1 unspecified atom stereocenters. The van der Waals surface area contributed by atoms with E-state index in [0.29, 0.717) is 16.4 Å². The molecule has 19 heavy (non-hydrogen) atoms. The van der Waals surface area contributed by atoms with Crippen LogP contribution in [0.4, 0.5) is 5.82 Å². The standard InChI is InChI=1S/C14H20ClN3O/c1-8-12(15)9(2)18(13(8)19)11-7-10(14(3,4)5)17(6)16-11/h7,9H,1-6H3. The van der Waals surface area contributed by atoms with Crippen molar-refractivity contribution in [3.05, 3.63) is 22.4 Å². The number of hydrogen-bond donors (Lipinski definition) is 0. The van der Waals surface area contributed by atoms with Crippen LogP contribution >= 0.6 is 11.6 Å². The molecule has 0 bridgehead atoms. The van der Waals surface area contributed by atoms with Crippen molar-refractivity contribution < 1.29 is 4.79 Å². The van der Waals surface area contributed by atoms with Crippen molar-refractivity contribution in [3.63, 3.8) is 0 Å². The van der Waals surface area contributed by atoms with E-state index in [4.69, 9.17) is 11.6 Å². The molecule has 0 saturated carbocycles. The van der Waals surface area contributed by atoms with Crippen LogP contribution in [-0.2, 0) is 17.3 Å². The number of carbonyl (C=O) groups is 1. The van der Waals surface area contributed by atoms with Crippen molar-refractivity contribution in [2.75, 3.05) is 4.90 Å². The number of nitrogens with zero attached hydrogens (tertiary/aromatic N) is 3. The fourth-order valence-corrected chi connectivity index (χ4v) is 2.64. The van der Waals surface area contributed by atoms with Gasteiger partial charge in [0.1, 0.15) is 0 Å². The lowest BCUT2D eigenvalue weighted by Gasteiger charge is -2.20. The minimum atomic E-state index is -0.142. The van der Waals surface area contributed by atoms with Gasteiger partial charge in [-0.05, 0) is 13.8 Å². The largest absolute Gasteiger partial charge is 0.283 e. The monoisotopic (exact) mass is 281 g/mol. The highest BCUT2D eigenvalue weighted by molar-refractivity contribution is 6.35. The molecule has 0 aromatic carbocycles. The third-order valence-electron chi connectivity index (χ3n) is 3.53. The van der Waals surface area contributed by atoms with Gasteiger partial charge in [0, 0.05) is 34.8 Å². The maximum atomic E-state index is 12.2. The van der Waals surface area contributed by atoms with Crippen molar-refractivity contribution in [1.29, 1.82) is 0 Å². The van der Waals surface area contributed by atoms with Crippen molar-refractivity contribution in [3.8, 4) is 0 Å². The molecule has 4 nitrogen and oxygen atoms in total. The quantitative estimate of drug-likeness (QED) is 0.794.